The topological polar surface area (TPSA) is 66.5 Å². The first-order valence-corrected chi connectivity index (χ1v) is 8.88. The molecular weight excluding hydrogens is 288 g/mol. The van der Waals surface area contributed by atoms with Crippen LogP contribution < -0.4 is 5.32 Å². The largest absolute Gasteiger partial charge is 0.326 e. The Bertz CT molecular complexity index is 573. The molecule has 5 nitrogen and oxygen atoms in total. The minimum Gasteiger partial charge on any atom is -0.326 e. The molecule has 2 rings (SSSR count). The lowest BCUT2D eigenvalue weighted by Gasteiger charge is -2.20. The lowest BCUT2D eigenvalue weighted by molar-refractivity contribution is -0.115. The first kappa shape index (κ1) is 16.0. The van der Waals surface area contributed by atoms with Gasteiger partial charge in [0.15, 0.2) is 0 Å². The van der Waals surface area contributed by atoms with E-state index in [1.54, 1.807) is 35.5 Å². The molecule has 1 aromatic carbocycles. The highest BCUT2D eigenvalue weighted by atomic mass is 32.2. The number of nitrogens with zero attached hydrogens (tertiary/aromatic N) is 1. The molecule has 1 amide bonds. The molecule has 0 aliphatic carbocycles. The maximum Gasteiger partial charge on any atom is 0.243 e. The summed E-state index contributed by atoms with van der Waals surface area (Å²) in [6.45, 7) is 2.96. The molecule has 1 saturated heterocycles. The molecule has 116 valence electrons. The SMILES string of the molecule is CCC(=O)Nc1ccc(S(=O)(=O)N2CCCCCC2)cc1. The summed E-state index contributed by atoms with van der Waals surface area (Å²) >= 11 is 0. The van der Waals surface area contributed by atoms with Gasteiger partial charge in [0.25, 0.3) is 0 Å². The minimum atomic E-state index is -3.42. The third-order valence-corrected chi connectivity index (χ3v) is 5.57. The van der Waals surface area contributed by atoms with Gasteiger partial charge in [0.2, 0.25) is 15.9 Å². The molecule has 1 aromatic rings. The quantitative estimate of drug-likeness (QED) is 0.929. The van der Waals surface area contributed by atoms with Crippen molar-refractivity contribution in [2.75, 3.05) is 18.4 Å². The summed E-state index contributed by atoms with van der Waals surface area (Å²) in [7, 11) is -3.42. The van der Waals surface area contributed by atoms with E-state index in [0.29, 0.717) is 30.1 Å². The normalized spacial score (nSPS) is 17.2. The van der Waals surface area contributed by atoms with E-state index >= 15 is 0 Å². The van der Waals surface area contributed by atoms with Crippen LogP contribution in [0.5, 0.6) is 0 Å². The predicted molar refractivity (Wildman–Crippen MR) is 82.6 cm³/mol. The summed E-state index contributed by atoms with van der Waals surface area (Å²) in [5.74, 6) is -0.0851. The number of carbonyl (C=O) groups is 1. The number of anilines is 1. The average Bonchev–Trinajstić information content (AvgIpc) is 2.77. The zero-order valence-corrected chi connectivity index (χ0v) is 13.2. The number of carbonyl (C=O) groups excluding carboxylic acids is 1. The number of nitrogens with one attached hydrogen (secondary N) is 1. The smallest absolute Gasteiger partial charge is 0.243 e. The molecule has 6 heteroatoms. The van der Waals surface area contributed by atoms with E-state index in [0.717, 1.165) is 25.7 Å². The van der Waals surface area contributed by atoms with Crippen molar-refractivity contribution in [3.8, 4) is 0 Å². The molecule has 0 atom stereocenters. The second kappa shape index (κ2) is 7.04. The van der Waals surface area contributed by atoms with Gasteiger partial charge in [0.05, 0.1) is 4.90 Å². The van der Waals surface area contributed by atoms with E-state index in [4.69, 9.17) is 0 Å². The highest BCUT2D eigenvalue weighted by Gasteiger charge is 2.24. The maximum absolute atomic E-state index is 12.6. The van der Waals surface area contributed by atoms with Crippen LogP contribution in [0.3, 0.4) is 0 Å². The fourth-order valence-electron chi connectivity index (χ4n) is 2.39. The Morgan fingerprint density at radius 3 is 2.19 bits per heavy atom. The first-order chi connectivity index (χ1) is 10.0. The van der Waals surface area contributed by atoms with Crippen molar-refractivity contribution in [3.05, 3.63) is 24.3 Å². The van der Waals surface area contributed by atoms with Gasteiger partial charge in [-0.2, -0.15) is 4.31 Å². The molecule has 1 heterocycles. The van der Waals surface area contributed by atoms with Crippen LogP contribution in [0.1, 0.15) is 39.0 Å². The number of sulfonamides is 1. The summed E-state index contributed by atoms with van der Waals surface area (Å²) in [6.07, 6.45) is 4.42. The van der Waals surface area contributed by atoms with Crippen molar-refractivity contribution >= 4 is 21.6 Å². The van der Waals surface area contributed by atoms with Gasteiger partial charge >= 0.3 is 0 Å². The number of benzene rings is 1. The Labute approximate surface area is 126 Å². The number of rotatable bonds is 4. The van der Waals surface area contributed by atoms with E-state index in [9.17, 15) is 13.2 Å². The summed E-state index contributed by atoms with van der Waals surface area (Å²) in [6, 6.07) is 6.40. The molecule has 21 heavy (non-hydrogen) atoms. The zero-order valence-electron chi connectivity index (χ0n) is 12.3. The van der Waals surface area contributed by atoms with Crippen molar-refractivity contribution in [3.63, 3.8) is 0 Å². The molecule has 1 N–H and O–H groups in total. The molecule has 0 bridgehead atoms. The van der Waals surface area contributed by atoms with Crippen LogP contribution in [0, 0.1) is 0 Å². The Morgan fingerprint density at radius 2 is 1.67 bits per heavy atom. The third-order valence-electron chi connectivity index (χ3n) is 3.66. The Balaban J connectivity index is 2.14. The van der Waals surface area contributed by atoms with Gasteiger partial charge in [-0.25, -0.2) is 8.42 Å². The molecule has 0 saturated carbocycles. The average molecular weight is 310 g/mol. The second-order valence-electron chi connectivity index (χ2n) is 5.24. The van der Waals surface area contributed by atoms with Crippen LogP contribution in [0.15, 0.2) is 29.2 Å². The molecule has 0 unspecified atom stereocenters. The summed E-state index contributed by atoms with van der Waals surface area (Å²) in [4.78, 5) is 11.6. The van der Waals surface area contributed by atoms with Crippen molar-refractivity contribution in [2.45, 2.75) is 43.9 Å². The van der Waals surface area contributed by atoms with Gasteiger partial charge < -0.3 is 5.32 Å². The van der Waals surface area contributed by atoms with E-state index < -0.39 is 10.0 Å². The van der Waals surface area contributed by atoms with Crippen molar-refractivity contribution in [2.24, 2.45) is 0 Å². The third kappa shape index (κ3) is 4.04. The van der Waals surface area contributed by atoms with Gasteiger partial charge in [0, 0.05) is 25.2 Å². The Hall–Kier alpha value is -1.40. The van der Waals surface area contributed by atoms with Gasteiger partial charge in [-0.05, 0) is 37.1 Å². The minimum absolute atomic E-state index is 0.0851. The van der Waals surface area contributed by atoms with E-state index in [2.05, 4.69) is 5.32 Å². The molecule has 1 aliphatic rings. The van der Waals surface area contributed by atoms with Gasteiger partial charge in [-0.15, -0.1) is 0 Å². The lowest BCUT2D eigenvalue weighted by atomic mass is 10.2. The van der Waals surface area contributed by atoms with Crippen molar-refractivity contribution in [1.29, 1.82) is 0 Å². The summed E-state index contributed by atoms with van der Waals surface area (Å²) < 4.78 is 26.7. The molecule has 0 spiro atoms. The number of hydrogen-bond donors (Lipinski definition) is 1. The molecule has 0 radical (unpaired) electrons. The molecule has 1 fully saturated rings. The fraction of sp³-hybridized carbons (Fsp3) is 0.533. The van der Waals surface area contributed by atoms with Gasteiger partial charge in [0.1, 0.15) is 0 Å². The van der Waals surface area contributed by atoms with Crippen LogP contribution in [-0.4, -0.2) is 31.7 Å². The molecular formula is C15H22N2O3S. The fourth-order valence-corrected chi connectivity index (χ4v) is 3.91. The standard InChI is InChI=1S/C15H22N2O3S/c1-2-15(18)16-13-7-9-14(10-8-13)21(19,20)17-11-5-3-4-6-12-17/h7-10H,2-6,11-12H2,1H3,(H,16,18). The van der Waals surface area contributed by atoms with Crippen molar-refractivity contribution in [1.82, 2.24) is 4.31 Å². The first-order valence-electron chi connectivity index (χ1n) is 7.44. The van der Waals surface area contributed by atoms with Gasteiger partial charge in [-0.1, -0.05) is 19.8 Å². The highest BCUT2D eigenvalue weighted by Crippen LogP contribution is 2.21. The Morgan fingerprint density at radius 1 is 1.10 bits per heavy atom. The number of hydrogen-bond acceptors (Lipinski definition) is 3. The highest BCUT2D eigenvalue weighted by molar-refractivity contribution is 7.89. The molecule has 1 aliphatic heterocycles. The van der Waals surface area contributed by atoms with Crippen LogP contribution in [-0.2, 0) is 14.8 Å². The second-order valence-corrected chi connectivity index (χ2v) is 7.18. The maximum atomic E-state index is 12.6. The van der Waals surface area contributed by atoms with Crippen molar-refractivity contribution < 1.29 is 13.2 Å². The van der Waals surface area contributed by atoms with E-state index in [1.807, 2.05) is 0 Å². The summed E-state index contributed by atoms with van der Waals surface area (Å²) in [5.41, 5.74) is 0.622. The van der Waals surface area contributed by atoms with Crippen LogP contribution in [0.2, 0.25) is 0 Å². The Kier molecular flexibility index (Phi) is 5.36. The van der Waals surface area contributed by atoms with E-state index in [1.165, 1.54) is 0 Å². The lowest BCUT2D eigenvalue weighted by Crippen LogP contribution is -2.31. The summed E-state index contributed by atoms with van der Waals surface area (Å²) in [5, 5.41) is 2.71. The van der Waals surface area contributed by atoms with Crippen LogP contribution in [0.25, 0.3) is 0 Å². The molecule has 0 aromatic heterocycles. The predicted octanol–water partition coefficient (Wildman–Crippen LogP) is 2.60. The number of amides is 1. The van der Waals surface area contributed by atoms with Gasteiger partial charge in [-0.3, -0.25) is 4.79 Å². The van der Waals surface area contributed by atoms with Crippen LogP contribution in [0.4, 0.5) is 5.69 Å². The van der Waals surface area contributed by atoms with E-state index in [-0.39, 0.29) is 5.91 Å². The monoisotopic (exact) mass is 310 g/mol. The zero-order chi connectivity index (χ0) is 15.3. The van der Waals surface area contributed by atoms with Crippen LogP contribution >= 0.6 is 0 Å².